The van der Waals surface area contributed by atoms with Crippen LogP contribution >= 0.6 is 12.4 Å². The minimum Gasteiger partial charge on any atom is -0.469 e. The van der Waals surface area contributed by atoms with Crippen LogP contribution in [0.1, 0.15) is 29.4 Å². The third-order valence-corrected chi connectivity index (χ3v) is 6.08. The Kier molecular flexibility index (Phi) is 5.45. The molecule has 0 amide bonds. The van der Waals surface area contributed by atoms with Crippen LogP contribution in [0.3, 0.4) is 0 Å². The van der Waals surface area contributed by atoms with Gasteiger partial charge in [-0.25, -0.2) is 0 Å². The van der Waals surface area contributed by atoms with Crippen molar-refractivity contribution in [3.8, 4) is 0 Å². The fourth-order valence-electron chi connectivity index (χ4n) is 4.76. The quantitative estimate of drug-likeness (QED) is 0.601. The molecule has 2 aliphatic rings. The molecular formula is C21H25ClN2O3. The normalized spacial score (nSPS) is 26.9. The number of para-hydroxylation sites is 1. The number of carbonyl (C=O) groups is 2. The van der Waals surface area contributed by atoms with Crippen LogP contribution in [0.5, 0.6) is 0 Å². The Hall–Kier alpha value is -2.11. The molecule has 1 aliphatic heterocycles. The number of aromatic nitrogens is 1. The number of hydrogen-bond acceptors (Lipinski definition) is 4. The number of halogens is 1. The van der Waals surface area contributed by atoms with E-state index in [2.05, 4.69) is 16.9 Å². The van der Waals surface area contributed by atoms with Gasteiger partial charge in [0.2, 0.25) is 0 Å². The molecule has 2 aromatic rings. The van der Waals surface area contributed by atoms with Gasteiger partial charge in [0.05, 0.1) is 18.7 Å². The summed E-state index contributed by atoms with van der Waals surface area (Å²) in [4.78, 5) is 31.3. The zero-order valence-corrected chi connectivity index (χ0v) is 16.6. The predicted molar refractivity (Wildman–Crippen MR) is 107 cm³/mol. The van der Waals surface area contributed by atoms with Crippen molar-refractivity contribution in [2.45, 2.75) is 25.8 Å². The lowest BCUT2D eigenvalue weighted by Gasteiger charge is -2.45. The maximum Gasteiger partial charge on any atom is 0.310 e. The standard InChI is InChI=1S/C21H24N2O3.ClH/c1-4-12-11-23(2)17-9-15-13-7-5-6-8-16(13)22-20(15)18(24)10-14(12)19(17)21(25)26-3;/h4-8,14,17,19,22H,9-11H2,1-3H3;1H/b12-4-;/t14-,17-,19-;/m0./s1. The number of hydrogen-bond donors (Lipinski definition) is 1. The molecule has 144 valence electrons. The van der Waals surface area contributed by atoms with Crippen molar-refractivity contribution in [2.75, 3.05) is 20.7 Å². The van der Waals surface area contributed by atoms with Crippen molar-refractivity contribution < 1.29 is 14.3 Å². The zero-order chi connectivity index (χ0) is 18.4. The van der Waals surface area contributed by atoms with E-state index in [9.17, 15) is 9.59 Å². The van der Waals surface area contributed by atoms with Gasteiger partial charge >= 0.3 is 5.97 Å². The number of likely N-dealkylation sites (tertiary alicyclic amines) is 1. The number of carbonyl (C=O) groups excluding carboxylic acids is 2. The summed E-state index contributed by atoms with van der Waals surface area (Å²) in [5.74, 6) is -0.559. The number of esters is 1. The molecule has 0 saturated carbocycles. The highest BCUT2D eigenvalue weighted by atomic mass is 35.5. The van der Waals surface area contributed by atoms with Crippen LogP contribution in [-0.2, 0) is 16.0 Å². The summed E-state index contributed by atoms with van der Waals surface area (Å²) in [6.07, 6.45) is 3.05. The molecule has 27 heavy (non-hydrogen) atoms. The van der Waals surface area contributed by atoms with Gasteiger partial charge in [0.15, 0.2) is 5.78 Å². The monoisotopic (exact) mass is 388 g/mol. The summed E-state index contributed by atoms with van der Waals surface area (Å²) in [7, 11) is 3.49. The van der Waals surface area contributed by atoms with E-state index in [0.29, 0.717) is 18.5 Å². The van der Waals surface area contributed by atoms with E-state index in [-0.39, 0.29) is 42.0 Å². The second kappa shape index (κ2) is 7.49. The lowest BCUT2D eigenvalue weighted by atomic mass is 9.70. The number of nitrogens with zero attached hydrogens (tertiary/aromatic N) is 1. The Morgan fingerprint density at radius 3 is 2.74 bits per heavy atom. The first kappa shape index (κ1) is 19.6. The van der Waals surface area contributed by atoms with Gasteiger partial charge in [-0.05, 0) is 32.0 Å². The summed E-state index contributed by atoms with van der Waals surface area (Å²) >= 11 is 0. The molecule has 3 atom stereocenters. The molecule has 2 bridgehead atoms. The molecule has 1 saturated heterocycles. The topological polar surface area (TPSA) is 62.4 Å². The number of methoxy groups -OCH3 is 1. The summed E-state index contributed by atoms with van der Waals surface area (Å²) in [5, 5.41) is 1.07. The summed E-state index contributed by atoms with van der Waals surface area (Å²) in [6, 6.07) is 8.02. The van der Waals surface area contributed by atoms with Gasteiger partial charge in [0.1, 0.15) is 0 Å². The Morgan fingerprint density at radius 2 is 2.04 bits per heavy atom. The van der Waals surface area contributed by atoms with Crippen LogP contribution in [0.4, 0.5) is 0 Å². The van der Waals surface area contributed by atoms with Crippen LogP contribution in [0.2, 0.25) is 0 Å². The Bertz CT molecular complexity index is 917. The van der Waals surface area contributed by atoms with Crippen LogP contribution in [0, 0.1) is 11.8 Å². The fourth-order valence-corrected chi connectivity index (χ4v) is 4.76. The molecule has 2 heterocycles. The van der Waals surface area contributed by atoms with Gasteiger partial charge < -0.3 is 9.72 Å². The molecule has 4 rings (SSSR count). The van der Waals surface area contributed by atoms with Gasteiger partial charge in [0.25, 0.3) is 0 Å². The molecular weight excluding hydrogens is 364 g/mol. The molecule has 5 nitrogen and oxygen atoms in total. The molecule has 1 N–H and O–H groups in total. The number of rotatable bonds is 1. The highest BCUT2D eigenvalue weighted by Crippen LogP contribution is 2.41. The van der Waals surface area contributed by atoms with E-state index < -0.39 is 0 Å². The van der Waals surface area contributed by atoms with Crippen LogP contribution in [0.15, 0.2) is 35.9 Å². The van der Waals surface area contributed by atoms with Crippen LogP contribution < -0.4 is 0 Å². The van der Waals surface area contributed by atoms with Gasteiger partial charge in [-0.3, -0.25) is 14.5 Å². The first-order chi connectivity index (χ1) is 12.5. The van der Waals surface area contributed by atoms with Gasteiger partial charge in [-0.2, -0.15) is 0 Å². The molecule has 1 fully saturated rings. The lowest BCUT2D eigenvalue weighted by molar-refractivity contribution is -0.150. The minimum atomic E-state index is -0.323. The van der Waals surface area contributed by atoms with Crippen molar-refractivity contribution in [3.63, 3.8) is 0 Å². The number of piperidine rings is 1. The van der Waals surface area contributed by atoms with E-state index in [1.165, 1.54) is 7.11 Å². The number of nitrogens with one attached hydrogen (secondary N) is 1. The van der Waals surface area contributed by atoms with Gasteiger partial charge in [-0.15, -0.1) is 12.4 Å². The largest absolute Gasteiger partial charge is 0.469 e. The van der Waals surface area contributed by atoms with Gasteiger partial charge in [0, 0.05) is 35.8 Å². The average molecular weight is 389 g/mol. The number of likely N-dealkylation sites (N-methyl/N-ethyl adjacent to an activating group) is 1. The lowest BCUT2D eigenvalue weighted by Crippen LogP contribution is -2.54. The number of Topliss-reactive ketones (excluding diaryl/α,β-unsaturated/α-hetero) is 1. The average Bonchev–Trinajstić information content (AvgIpc) is 3.01. The van der Waals surface area contributed by atoms with Crippen LogP contribution in [-0.4, -0.2) is 48.4 Å². The number of allylic oxidation sites excluding steroid dienone is 1. The first-order valence-corrected chi connectivity index (χ1v) is 9.11. The predicted octanol–water partition coefficient (Wildman–Crippen LogP) is 3.38. The summed E-state index contributed by atoms with van der Waals surface area (Å²) in [6.45, 7) is 2.76. The molecule has 1 aromatic carbocycles. The van der Waals surface area contributed by atoms with Crippen molar-refractivity contribution in [1.29, 1.82) is 0 Å². The third kappa shape index (κ3) is 3.09. The van der Waals surface area contributed by atoms with E-state index in [1.807, 2.05) is 37.3 Å². The molecule has 0 radical (unpaired) electrons. The number of ketones is 1. The zero-order valence-electron chi connectivity index (χ0n) is 15.8. The summed E-state index contributed by atoms with van der Waals surface area (Å²) in [5.41, 5.74) is 3.85. The third-order valence-electron chi connectivity index (χ3n) is 6.08. The maximum atomic E-state index is 13.1. The van der Waals surface area contributed by atoms with Crippen molar-refractivity contribution >= 4 is 35.1 Å². The Labute approximate surface area is 165 Å². The highest BCUT2D eigenvalue weighted by molar-refractivity contribution is 6.03. The van der Waals surface area contributed by atoms with E-state index >= 15 is 0 Å². The second-order valence-electron chi connectivity index (χ2n) is 7.36. The van der Waals surface area contributed by atoms with E-state index in [0.717, 1.165) is 28.6 Å². The molecule has 1 aromatic heterocycles. The fraction of sp³-hybridized carbons (Fsp3) is 0.429. The number of H-pyrrole nitrogens is 1. The van der Waals surface area contributed by atoms with Crippen molar-refractivity contribution in [2.24, 2.45) is 11.8 Å². The van der Waals surface area contributed by atoms with Gasteiger partial charge in [-0.1, -0.05) is 29.8 Å². The number of ether oxygens (including phenoxy) is 1. The molecule has 0 unspecified atom stereocenters. The summed E-state index contributed by atoms with van der Waals surface area (Å²) < 4.78 is 5.14. The second-order valence-corrected chi connectivity index (χ2v) is 7.36. The van der Waals surface area contributed by atoms with E-state index in [1.54, 1.807) is 0 Å². The Balaban J connectivity index is 0.00000210. The molecule has 6 heteroatoms. The minimum absolute atomic E-state index is 0. The van der Waals surface area contributed by atoms with Crippen molar-refractivity contribution in [3.05, 3.63) is 47.2 Å². The Morgan fingerprint density at radius 1 is 1.30 bits per heavy atom. The van der Waals surface area contributed by atoms with Crippen molar-refractivity contribution in [1.82, 2.24) is 9.88 Å². The number of aromatic amines is 1. The maximum absolute atomic E-state index is 13.1. The number of benzene rings is 1. The van der Waals surface area contributed by atoms with E-state index in [4.69, 9.17) is 4.74 Å². The smallest absolute Gasteiger partial charge is 0.310 e. The molecule has 0 spiro atoms. The highest BCUT2D eigenvalue weighted by Gasteiger charge is 2.46. The SMILES string of the molecule is C/C=C1/CN(C)[C@H]2Cc3c([nH]c4ccccc34)C(=O)C[C@@H]1[C@@H]2C(=O)OC.Cl. The first-order valence-electron chi connectivity index (χ1n) is 9.11. The van der Waals surface area contributed by atoms with Crippen LogP contribution in [0.25, 0.3) is 10.9 Å². The molecule has 1 aliphatic carbocycles. The number of fused-ring (bicyclic) bond motifs is 5.